The molecule has 2 unspecified atom stereocenters. The Morgan fingerprint density at radius 2 is 2.00 bits per heavy atom. The molecule has 1 N–H and O–H groups in total. The normalized spacial score (nSPS) is 31.1. The number of aliphatic hydroxyl groups is 1. The number of nitrogens with zero attached hydrogens (tertiary/aromatic N) is 1. The summed E-state index contributed by atoms with van der Waals surface area (Å²) in [6.07, 6.45) is 4.16. The molecular formula is C17H25NO. The van der Waals surface area contributed by atoms with Crippen LogP contribution in [0, 0.1) is 0 Å². The minimum absolute atomic E-state index is 0.400. The molecule has 2 aliphatic rings. The van der Waals surface area contributed by atoms with Crippen molar-refractivity contribution >= 4 is 0 Å². The second-order valence-corrected chi connectivity index (χ2v) is 6.62. The van der Waals surface area contributed by atoms with Gasteiger partial charge in [0.15, 0.2) is 0 Å². The van der Waals surface area contributed by atoms with Gasteiger partial charge in [0.25, 0.3) is 0 Å². The zero-order valence-electron chi connectivity index (χ0n) is 12.1. The van der Waals surface area contributed by atoms with Crippen LogP contribution >= 0.6 is 0 Å². The quantitative estimate of drug-likeness (QED) is 0.902. The molecule has 0 spiro atoms. The lowest BCUT2D eigenvalue weighted by Gasteiger charge is -2.30. The summed E-state index contributed by atoms with van der Waals surface area (Å²) in [6.45, 7) is 6.69. The number of benzene rings is 1. The third-order valence-electron chi connectivity index (χ3n) is 4.97. The third-order valence-corrected chi connectivity index (χ3v) is 4.97. The maximum Gasteiger partial charge on any atom is 0.0854 e. The summed E-state index contributed by atoms with van der Waals surface area (Å²) in [5, 5.41) is 11.0. The smallest absolute Gasteiger partial charge is 0.0854 e. The maximum absolute atomic E-state index is 11.0. The summed E-state index contributed by atoms with van der Waals surface area (Å²) >= 11 is 0. The minimum atomic E-state index is -0.490. The molecule has 0 aromatic heterocycles. The fourth-order valence-electron chi connectivity index (χ4n) is 3.79. The van der Waals surface area contributed by atoms with Crippen molar-refractivity contribution in [2.75, 3.05) is 13.1 Å². The largest absolute Gasteiger partial charge is 0.388 e. The van der Waals surface area contributed by atoms with E-state index in [1.54, 1.807) is 0 Å². The van der Waals surface area contributed by atoms with Crippen molar-refractivity contribution in [2.45, 2.75) is 57.1 Å². The zero-order chi connectivity index (χ0) is 13.5. The van der Waals surface area contributed by atoms with Gasteiger partial charge in [0.05, 0.1) is 5.60 Å². The van der Waals surface area contributed by atoms with Crippen LogP contribution in [0.3, 0.4) is 0 Å². The molecule has 104 valence electrons. The summed E-state index contributed by atoms with van der Waals surface area (Å²) < 4.78 is 0. The van der Waals surface area contributed by atoms with Crippen molar-refractivity contribution in [1.29, 1.82) is 0 Å². The van der Waals surface area contributed by atoms with Gasteiger partial charge in [-0.25, -0.2) is 0 Å². The molecule has 2 saturated heterocycles. The molecule has 1 aromatic rings. The Balaban J connectivity index is 1.73. The second-order valence-electron chi connectivity index (χ2n) is 6.62. The maximum atomic E-state index is 11.0. The predicted molar refractivity (Wildman–Crippen MR) is 78.4 cm³/mol. The molecule has 2 fully saturated rings. The van der Waals surface area contributed by atoms with Crippen molar-refractivity contribution in [2.24, 2.45) is 0 Å². The van der Waals surface area contributed by atoms with Gasteiger partial charge >= 0.3 is 0 Å². The molecule has 3 rings (SSSR count). The number of hydrogen-bond acceptors (Lipinski definition) is 2. The van der Waals surface area contributed by atoms with Gasteiger partial charge in [-0.15, -0.1) is 0 Å². The molecule has 0 radical (unpaired) electrons. The molecule has 2 nitrogen and oxygen atoms in total. The van der Waals surface area contributed by atoms with E-state index in [9.17, 15) is 5.11 Å². The van der Waals surface area contributed by atoms with Crippen LogP contribution in [0.5, 0.6) is 0 Å². The standard InChI is InChI=1S/C17H25NO/c1-13(2)15-7-5-14(6-8-15)12-17(19)9-11-18-10-3-4-16(17)18/h5-8,13,16,19H,3-4,9-12H2,1-2H3. The van der Waals surface area contributed by atoms with Gasteiger partial charge in [-0.2, -0.15) is 0 Å². The van der Waals surface area contributed by atoms with E-state index >= 15 is 0 Å². The van der Waals surface area contributed by atoms with Gasteiger partial charge in [0.1, 0.15) is 0 Å². The van der Waals surface area contributed by atoms with Gasteiger partial charge < -0.3 is 5.11 Å². The average molecular weight is 259 g/mol. The SMILES string of the molecule is CC(C)c1ccc(CC2(O)CCN3CCCC32)cc1. The van der Waals surface area contributed by atoms with Crippen LogP contribution in [0.25, 0.3) is 0 Å². The summed E-state index contributed by atoms with van der Waals surface area (Å²) in [7, 11) is 0. The van der Waals surface area contributed by atoms with Crippen LogP contribution in [0.15, 0.2) is 24.3 Å². The van der Waals surface area contributed by atoms with E-state index in [0.717, 1.165) is 19.4 Å². The van der Waals surface area contributed by atoms with Crippen molar-refractivity contribution in [1.82, 2.24) is 4.90 Å². The summed E-state index contributed by atoms with van der Waals surface area (Å²) in [5.41, 5.74) is 2.17. The first-order valence-corrected chi connectivity index (χ1v) is 7.64. The number of rotatable bonds is 3. The molecule has 1 aromatic carbocycles. The summed E-state index contributed by atoms with van der Waals surface area (Å²) in [5.74, 6) is 0.578. The molecule has 19 heavy (non-hydrogen) atoms. The Morgan fingerprint density at radius 1 is 1.26 bits per heavy atom. The fraction of sp³-hybridized carbons (Fsp3) is 0.647. The highest BCUT2D eigenvalue weighted by Gasteiger charge is 2.47. The van der Waals surface area contributed by atoms with Crippen LogP contribution in [0.1, 0.15) is 50.2 Å². The molecule has 2 aliphatic heterocycles. The first-order chi connectivity index (χ1) is 9.08. The summed E-state index contributed by atoms with van der Waals surface area (Å²) in [6, 6.07) is 9.22. The van der Waals surface area contributed by atoms with Gasteiger partial charge in [-0.1, -0.05) is 38.1 Å². The van der Waals surface area contributed by atoms with Crippen molar-refractivity contribution in [3.05, 3.63) is 35.4 Å². The van der Waals surface area contributed by atoms with Crippen molar-refractivity contribution < 1.29 is 5.11 Å². The highest BCUT2D eigenvalue weighted by atomic mass is 16.3. The Morgan fingerprint density at radius 3 is 2.68 bits per heavy atom. The zero-order valence-corrected chi connectivity index (χ0v) is 12.1. The van der Waals surface area contributed by atoms with E-state index in [1.807, 2.05) is 0 Å². The average Bonchev–Trinajstić information content (AvgIpc) is 2.95. The fourth-order valence-corrected chi connectivity index (χ4v) is 3.79. The molecule has 0 bridgehead atoms. The lowest BCUT2D eigenvalue weighted by molar-refractivity contribution is 0.0141. The van der Waals surface area contributed by atoms with Crippen LogP contribution in [0.4, 0.5) is 0 Å². The Bertz CT molecular complexity index is 439. The molecular weight excluding hydrogens is 234 g/mol. The molecule has 0 amide bonds. The third kappa shape index (κ3) is 2.44. The van der Waals surface area contributed by atoms with Crippen LogP contribution in [0.2, 0.25) is 0 Å². The van der Waals surface area contributed by atoms with E-state index in [1.165, 1.54) is 30.5 Å². The van der Waals surface area contributed by atoms with Crippen molar-refractivity contribution in [3.8, 4) is 0 Å². The van der Waals surface area contributed by atoms with E-state index in [2.05, 4.69) is 43.0 Å². The van der Waals surface area contributed by atoms with Gasteiger partial charge in [0, 0.05) is 19.0 Å². The Labute approximate surface area is 116 Å². The van der Waals surface area contributed by atoms with Crippen LogP contribution in [-0.2, 0) is 6.42 Å². The van der Waals surface area contributed by atoms with E-state index in [-0.39, 0.29) is 0 Å². The molecule has 2 atom stereocenters. The highest BCUT2D eigenvalue weighted by Crippen LogP contribution is 2.38. The minimum Gasteiger partial charge on any atom is -0.388 e. The first kappa shape index (κ1) is 13.1. The first-order valence-electron chi connectivity index (χ1n) is 7.64. The van der Waals surface area contributed by atoms with Crippen LogP contribution in [-0.4, -0.2) is 34.7 Å². The van der Waals surface area contributed by atoms with E-state index < -0.39 is 5.60 Å². The monoisotopic (exact) mass is 259 g/mol. The van der Waals surface area contributed by atoms with E-state index in [0.29, 0.717) is 12.0 Å². The molecule has 2 heterocycles. The highest BCUT2D eigenvalue weighted by molar-refractivity contribution is 5.26. The molecule has 0 aliphatic carbocycles. The van der Waals surface area contributed by atoms with Gasteiger partial charge in [-0.05, 0) is 42.9 Å². The number of hydrogen-bond donors (Lipinski definition) is 1. The predicted octanol–water partition coefficient (Wildman–Crippen LogP) is 2.95. The van der Waals surface area contributed by atoms with Gasteiger partial charge in [-0.3, -0.25) is 4.90 Å². The molecule has 2 heteroatoms. The van der Waals surface area contributed by atoms with Crippen LogP contribution < -0.4 is 0 Å². The number of fused-ring (bicyclic) bond motifs is 1. The lowest BCUT2D eigenvalue weighted by atomic mass is 9.86. The Kier molecular flexibility index (Phi) is 3.40. The van der Waals surface area contributed by atoms with Crippen molar-refractivity contribution in [3.63, 3.8) is 0 Å². The van der Waals surface area contributed by atoms with E-state index in [4.69, 9.17) is 0 Å². The van der Waals surface area contributed by atoms with Gasteiger partial charge in [0.2, 0.25) is 0 Å². The summed E-state index contributed by atoms with van der Waals surface area (Å²) in [4.78, 5) is 2.47. The topological polar surface area (TPSA) is 23.5 Å². The lowest BCUT2D eigenvalue weighted by Crippen LogP contribution is -2.42. The second kappa shape index (κ2) is 4.92. The Hall–Kier alpha value is -0.860. The molecule has 0 saturated carbocycles.